The number of nitro benzene ring substituents is 1. The van der Waals surface area contributed by atoms with Crippen molar-refractivity contribution in [2.24, 2.45) is 5.73 Å². The fraction of sp³-hybridized carbons (Fsp3) is 0.417. The highest BCUT2D eigenvalue weighted by molar-refractivity contribution is 5.91. The second-order valence-electron chi connectivity index (χ2n) is 4.32. The van der Waals surface area contributed by atoms with E-state index in [1.54, 1.807) is 19.1 Å². The summed E-state index contributed by atoms with van der Waals surface area (Å²) in [5.74, 6) is -0.189. The van der Waals surface area contributed by atoms with Crippen molar-refractivity contribution in [2.45, 2.75) is 32.7 Å². The summed E-state index contributed by atoms with van der Waals surface area (Å²) in [6, 6.07) is 4.58. The molecule has 7 heteroatoms. The Labute approximate surface area is 117 Å². The molecular weight excluding hydrogens is 270 g/mol. The number of aryl methyl sites for hydroxylation is 1. The van der Waals surface area contributed by atoms with Gasteiger partial charge >= 0.3 is 0 Å². The van der Waals surface area contributed by atoms with E-state index in [4.69, 9.17) is 5.73 Å². The maximum atomic E-state index is 11.5. The minimum atomic E-state index is -0.465. The predicted octanol–water partition coefficient (Wildman–Crippen LogP) is 2.39. The van der Waals surface area contributed by atoms with Crippen molar-refractivity contribution in [2.75, 3.05) is 5.32 Å². The van der Waals surface area contributed by atoms with Gasteiger partial charge in [-0.3, -0.25) is 14.9 Å². The number of carbonyl (C=O) groups excluding carboxylic acids is 1. The summed E-state index contributed by atoms with van der Waals surface area (Å²) >= 11 is 0. The minimum absolute atomic E-state index is 0. The summed E-state index contributed by atoms with van der Waals surface area (Å²) in [4.78, 5) is 21.8. The van der Waals surface area contributed by atoms with Crippen molar-refractivity contribution >= 4 is 29.7 Å². The Morgan fingerprint density at radius 3 is 2.68 bits per heavy atom. The smallest absolute Gasteiger partial charge is 0.274 e. The number of nitro groups is 1. The molecule has 1 atom stereocenters. The molecule has 1 rings (SSSR count). The van der Waals surface area contributed by atoms with E-state index in [2.05, 4.69) is 5.32 Å². The van der Waals surface area contributed by atoms with Gasteiger partial charge in [-0.1, -0.05) is 6.07 Å². The van der Waals surface area contributed by atoms with Gasteiger partial charge in [0.05, 0.1) is 4.92 Å². The van der Waals surface area contributed by atoms with Crippen molar-refractivity contribution in [3.63, 3.8) is 0 Å². The Morgan fingerprint density at radius 2 is 2.16 bits per heavy atom. The number of anilines is 1. The first-order valence-electron chi connectivity index (χ1n) is 5.70. The Morgan fingerprint density at radius 1 is 1.53 bits per heavy atom. The summed E-state index contributed by atoms with van der Waals surface area (Å²) < 4.78 is 0. The van der Waals surface area contributed by atoms with Gasteiger partial charge in [0.1, 0.15) is 0 Å². The van der Waals surface area contributed by atoms with Gasteiger partial charge in [-0.05, 0) is 26.3 Å². The van der Waals surface area contributed by atoms with E-state index in [1.807, 2.05) is 6.92 Å². The second-order valence-corrected chi connectivity index (χ2v) is 4.32. The van der Waals surface area contributed by atoms with E-state index in [1.165, 1.54) is 6.07 Å². The van der Waals surface area contributed by atoms with Crippen LogP contribution in [0.15, 0.2) is 18.2 Å². The average Bonchev–Trinajstić information content (AvgIpc) is 2.28. The van der Waals surface area contributed by atoms with Crippen LogP contribution in [0.25, 0.3) is 0 Å². The Bertz CT molecular complexity index is 464. The van der Waals surface area contributed by atoms with Crippen LogP contribution in [0, 0.1) is 17.0 Å². The predicted molar refractivity (Wildman–Crippen MR) is 76.6 cm³/mol. The van der Waals surface area contributed by atoms with Gasteiger partial charge in [-0.15, -0.1) is 12.4 Å². The van der Waals surface area contributed by atoms with Gasteiger partial charge in [-0.25, -0.2) is 0 Å². The third kappa shape index (κ3) is 5.67. The molecule has 6 nitrogen and oxygen atoms in total. The third-order valence-corrected chi connectivity index (χ3v) is 2.52. The third-order valence-electron chi connectivity index (χ3n) is 2.52. The summed E-state index contributed by atoms with van der Waals surface area (Å²) in [5.41, 5.74) is 6.54. The van der Waals surface area contributed by atoms with Crippen LogP contribution in [0.3, 0.4) is 0 Å². The molecular formula is C12H18ClN3O3. The number of hydrogen-bond donors (Lipinski definition) is 2. The van der Waals surface area contributed by atoms with Crippen LogP contribution in [0.4, 0.5) is 11.4 Å². The van der Waals surface area contributed by atoms with Gasteiger partial charge in [0.2, 0.25) is 5.91 Å². The fourth-order valence-corrected chi connectivity index (χ4v) is 1.47. The number of amides is 1. The van der Waals surface area contributed by atoms with Gasteiger partial charge in [-0.2, -0.15) is 0 Å². The number of rotatable bonds is 5. The molecule has 1 aromatic rings. The SMILES string of the molecule is Cc1ccc(NC(=O)CCC(C)N)cc1[N+](=O)[O-].Cl. The zero-order chi connectivity index (χ0) is 13.7. The zero-order valence-electron chi connectivity index (χ0n) is 10.9. The Hall–Kier alpha value is -1.66. The highest BCUT2D eigenvalue weighted by Crippen LogP contribution is 2.22. The van der Waals surface area contributed by atoms with Crippen LogP contribution in [-0.4, -0.2) is 16.9 Å². The maximum Gasteiger partial charge on any atom is 0.274 e. The van der Waals surface area contributed by atoms with Gasteiger partial charge in [0, 0.05) is 29.8 Å². The molecule has 0 saturated heterocycles. The van der Waals surface area contributed by atoms with E-state index in [0.717, 1.165) is 0 Å². The van der Waals surface area contributed by atoms with Crippen LogP contribution in [-0.2, 0) is 4.79 Å². The molecule has 1 unspecified atom stereocenters. The Balaban J connectivity index is 0.00000324. The molecule has 3 N–H and O–H groups in total. The lowest BCUT2D eigenvalue weighted by Gasteiger charge is -2.07. The molecule has 19 heavy (non-hydrogen) atoms. The van der Waals surface area contributed by atoms with E-state index < -0.39 is 4.92 Å². The van der Waals surface area contributed by atoms with Gasteiger partial charge in [0.25, 0.3) is 5.69 Å². The maximum absolute atomic E-state index is 11.5. The first-order chi connectivity index (χ1) is 8.40. The zero-order valence-corrected chi connectivity index (χ0v) is 11.7. The van der Waals surface area contributed by atoms with E-state index in [9.17, 15) is 14.9 Å². The minimum Gasteiger partial charge on any atom is -0.328 e. The lowest BCUT2D eigenvalue weighted by atomic mass is 10.1. The summed E-state index contributed by atoms with van der Waals surface area (Å²) in [6.07, 6.45) is 0.888. The molecule has 0 radical (unpaired) electrons. The van der Waals surface area contributed by atoms with Crippen molar-refractivity contribution in [3.05, 3.63) is 33.9 Å². The quantitative estimate of drug-likeness (QED) is 0.641. The molecule has 0 fully saturated rings. The lowest BCUT2D eigenvalue weighted by Crippen LogP contribution is -2.19. The van der Waals surface area contributed by atoms with Gasteiger partial charge < -0.3 is 11.1 Å². The van der Waals surface area contributed by atoms with Crippen molar-refractivity contribution in [3.8, 4) is 0 Å². The van der Waals surface area contributed by atoms with E-state index >= 15 is 0 Å². The molecule has 0 bridgehead atoms. The summed E-state index contributed by atoms with van der Waals surface area (Å²) in [6.45, 7) is 3.48. The van der Waals surface area contributed by atoms with E-state index in [0.29, 0.717) is 24.1 Å². The molecule has 0 saturated carbocycles. The lowest BCUT2D eigenvalue weighted by molar-refractivity contribution is -0.385. The van der Waals surface area contributed by atoms with Crippen LogP contribution in [0.5, 0.6) is 0 Å². The number of nitrogens with zero attached hydrogens (tertiary/aromatic N) is 1. The van der Waals surface area contributed by atoms with Crippen LogP contribution in [0.2, 0.25) is 0 Å². The van der Waals surface area contributed by atoms with E-state index in [-0.39, 0.29) is 30.0 Å². The number of benzene rings is 1. The number of carbonyl (C=O) groups is 1. The van der Waals surface area contributed by atoms with Crippen molar-refractivity contribution in [1.29, 1.82) is 0 Å². The normalized spacial score (nSPS) is 11.3. The summed E-state index contributed by atoms with van der Waals surface area (Å²) in [5, 5.41) is 13.4. The first-order valence-corrected chi connectivity index (χ1v) is 5.70. The first kappa shape index (κ1) is 17.3. The van der Waals surface area contributed by atoms with Crippen molar-refractivity contribution in [1.82, 2.24) is 0 Å². The fourth-order valence-electron chi connectivity index (χ4n) is 1.47. The molecule has 0 aromatic heterocycles. The number of halogens is 1. The molecule has 0 spiro atoms. The molecule has 0 aliphatic rings. The number of nitrogens with two attached hydrogens (primary N) is 1. The number of nitrogens with one attached hydrogen (secondary N) is 1. The average molecular weight is 288 g/mol. The second kappa shape index (κ2) is 7.70. The number of hydrogen-bond acceptors (Lipinski definition) is 4. The largest absolute Gasteiger partial charge is 0.328 e. The highest BCUT2D eigenvalue weighted by Gasteiger charge is 2.12. The molecule has 0 aliphatic heterocycles. The molecule has 1 aromatic carbocycles. The van der Waals surface area contributed by atoms with Crippen LogP contribution >= 0.6 is 12.4 Å². The van der Waals surface area contributed by atoms with Crippen molar-refractivity contribution < 1.29 is 9.72 Å². The molecule has 0 heterocycles. The van der Waals surface area contributed by atoms with Crippen LogP contribution in [0.1, 0.15) is 25.3 Å². The summed E-state index contributed by atoms with van der Waals surface area (Å²) in [7, 11) is 0. The highest BCUT2D eigenvalue weighted by atomic mass is 35.5. The topological polar surface area (TPSA) is 98.3 Å². The molecule has 1 amide bonds. The molecule has 0 aliphatic carbocycles. The Kier molecular flexibility index (Phi) is 7.03. The van der Waals surface area contributed by atoms with Crippen LogP contribution < -0.4 is 11.1 Å². The molecule has 106 valence electrons. The van der Waals surface area contributed by atoms with Gasteiger partial charge in [0.15, 0.2) is 0 Å². The monoisotopic (exact) mass is 287 g/mol. The standard InChI is InChI=1S/C12H17N3O3.ClH/c1-8-3-5-10(7-11(8)15(17)18)14-12(16)6-4-9(2)13;/h3,5,7,9H,4,6,13H2,1-2H3,(H,14,16);1H.